The van der Waals surface area contributed by atoms with Gasteiger partial charge in [0, 0.05) is 60.7 Å². The van der Waals surface area contributed by atoms with Crippen LogP contribution >= 0.6 is 0 Å². The Morgan fingerprint density at radius 3 is 2.32 bits per heavy atom. The van der Waals surface area contributed by atoms with Gasteiger partial charge in [-0.1, -0.05) is 84.4 Å². The van der Waals surface area contributed by atoms with E-state index in [1.165, 1.54) is 87.7 Å². The first-order chi connectivity index (χ1) is 20.3. The van der Waals surface area contributed by atoms with Crippen molar-refractivity contribution in [1.29, 1.82) is 0 Å². The lowest BCUT2D eigenvalue weighted by atomic mass is 9.45. The molecule has 0 unspecified atom stereocenters. The van der Waals surface area contributed by atoms with E-state index in [0.717, 1.165) is 11.2 Å². The van der Waals surface area contributed by atoms with Crippen LogP contribution in [0.15, 0.2) is 114 Å². The second-order valence-electron chi connectivity index (χ2n) is 11.7. The van der Waals surface area contributed by atoms with Gasteiger partial charge in [-0.2, -0.15) is 0 Å². The molecule has 41 heavy (non-hydrogen) atoms. The van der Waals surface area contributed by atoms with E-state index in [-0.39, 0.29) is 6.85 Å². The molecule has 3 aromatic heterocycles. The fraction of sp³-hybridized carbons (Fsp3) is 0.0270. The average Bonchev–Trinajstić information content (AvgIpc) is 3.66. The Bertz CT molecular complexity index is 2670. The molecule has 188 valence electrons. The van der Waals surface area contributed by atoms with E-state index in [1.54, 1.807) is 0 Å². The zero-order valence-electron chi connectivity index (χ0n) is 22.3. The Morgan fingerprint density at radius 1 is 0.610 bits per heavy atom. The van der Waals surface area contributed by atoms with Crippen LogP contribution in [0, 0.1) is 6.92 Å². The number of hydrogen-bond donors (Lipinski definition) is 0. The number of benzene rings is 6. The van der Waals surface area contributed by atoms with E-state index < -0.39 is 0 Å². The predicted molar refractivity (Wildman–Crippen MR) is 172 cm³/mol. The smallest absolute Gasteiger partial charge is 0.333 e. The van der Waals surface area contributed by atoms with Gasteiger partial charge in [0.15, 0.2) is 0 Å². The lowest BCUT2D eigenvalue weighted by Gasteiger charge is -2.34. The van der Waals surface area contributed by atoms with Crippen LogP contribution in [0.2, 0.25) is 0 Å². The lowest BCUT2D eigenvalue weighted by molar-refractivity contribution is 0.669. The van der Waals surface area contributed by atoms with Crippen LogP contribution in [0.1, 0.15) is 5.56 Å². The molecule has 0 fully saturated rings. The molecule has 6 aromatic carbocycles. The van der Waals surface area contributed by atoms with Gasteiger partial charge in [0.2, 0.25) is 0 Å². The SMILES string of the molecule is Cc1ccc2c(c1)c1cccc3c1n2-c1cc2oc4ccccc4c2c2c1B3n1c3ccccc3c3cccc-2c31. The summed E-state index contributed by atoms with van der Waals surface area (Å²) in [6.07, 6.45) is 0. The summed E-state index contributed by atoms with van der Waals surface area (Å²) in [7, 11) is 0. The number of nitrogens with zero attached hydrogens (tertiary/aromatic N) is 2. The molecule has 5 heterocycles. The summed E-state index contributed by atoms with van der Waals surface area (Å²) < 4.78 is 11.8. The fourth-order valence-electron chi connectivity index (χ4n) is 8.26. The molecule has 2 aliphatic heterocycles. The Kier molecular flexibility index (Phi) is 3.39. The predicted octanol–water partition coefficient (Wildman–Crippen LogP) is 8.05. The molecule has 0 radical (unpaired) electrons. The third kappa shape index (κ3) is 2.22. The second-order valence-corrected chi connectivity index (χ2v) is 11.7. The van der Waals surface area contributed by atoms with Crippen LogP contribution in [0.4, 0.5) is 0 Å². The van der Waals surface area contributed by atoms with Crippen molar-refractivity contribution in [1.82, 2.24) is 9.05 Å². The normalized spacial score (nSPS) is 13.4. The molecule has 0 atom stereocenters. The number of para-hydroxylation sites is 4. The van der Waals surface area contributed by atoms with E-state index in [9.17, 15) is 0 Å². The van der Waals surface area contributed by atoms with Crippen molar-refractivity contribution in [3.8, 4) is 16.8 Å². The number of fused-ring (bicyclic) bond motifs is 14. The molecule has 0 amide bonds. The summed E-state index contributed by atoms with van der Waals surface area (Å²) in [5.41, 5.74) is 14.8. The number of rotatable bonds is 0. The molecule has 0 aliphatic carbocycles. The van der Waals surface area contributed by atoms with E-state index in [2.05, 4.69) is 125 Å². The molecular formula is C37H21BN2O. The number of furan rings is 1. The van der Waals surface area contributed by atoms with Crippen LogP contribution in [-0.2, 0) is 0 Å². The van der Waals surface area contributed by atoms with Gasteiger partial charge >= 0.3 is 6.85 Å². The van der Waals surface area contributed by atoms with Crippen molar-refractivity contribution in [3.05, 3.63) is 115 Å². The molecule has 11 rings (SSSR count). The average molecular weight is 520 g/mol. The van der Waals surface area contributed by atoms with Crippen LogP contribution in [0.3, 0.4) is 0 Å². The molecule has 9 aromatic rings. The number of aromatic nitrogens is 2. The van der Waals surface area contributed by atoms with E-state index in [0.29, 0.717) is 0 Å². The Morgan fingerprint density at radius 2 is 1.39 bits per heavy atom. The van der Waals surface area contributed by atoms with E-state index >= 15 is 0 Å². The zero-order valence-corrected chi connectivity index (χ0v) is 22.3. The van der Waals surface area contributed by atoms with Gasteiger partial charge in [-0.3, -0.25) is 0 Å². The maximum Gasteiger partial charge on any atom is 0.333 e. The molecule has 0 saturated carbocycles. The molecule has 0 bridgehead atoms. The standard InChI is InChI=1S/C37H21BN2O/c1-20-16-17-28-26(18-20)23-11-7-13-27-37(23)39(28)30-19-32-33(24-9-3-5-15-31(24)41-32)34-25-12-6-10-22-21-8-2-4-14-29(21)40(36(22)25)38(27)35(30)34/h2-19H,1H3. The second kappa shape index (κ2) is 6.73. The number of hydrogen-bond acceptors (Lipinski definition) is 1. The largest absolute Gasteiger partial charge is 0.456 e. The van der Waals surface area contributed by atoms with Gasteiger partial charge in [-0.15, -0.1) is 0 Å². The van der Waals surface area contributed by atoms with Crippen LogP contribution in [-0.4, -0.2) is 15.9 Å². The highest BCUT2D eigenvalue weighted by molar-refractivity contribution is 6.90. The summed E-state index contributed by atoms with van der Waals surface area (Å²) in [6.45, 7) is 2.24. The minimum Gasteiger partial charge on any atom is -0.456 e. The third-order valence-electron chi connectivity index (χ3n) is 9.73. The Hall–Kier alpha value is -5.22. The summed E-state index contributed by atoms with van der Waals surface area (Å²) >= 11 is 0. The number of aryl methyl sites for hydroxylation is 1. The summed E-state index contributed by atoms with van der Waals surface area (Å²) in [6, 6.07) is 40.4. The third-order valence-corrected chi connectivity index (χ3v) is 9.73. The summed E-state index contributed by atoms with van der Waals surface area (Å²) in [5.74, 6) is 0. The first kappa shape index (κ1) is 20.7. The van der Waals surface area contributed by atoms with Crippen molar-refractivity contribution >= 4 is 83.3 Å². The Balaban J connectivity index is 1.48. The van der Waals surface area contributed by atoms with Gasteiger partial charge in [0.05, 0.1) is 11.0 Å². The minimum absolute atomic E-state index is 0.0528. The molecule has 4 heteroatoms. The fourth-order valence-corrected chi connectivity index (χ4v) is 8.26. The van der Waals surface area contributed by atoms with Crippen LogP contribution in [0.25, 0.3) is 82.4 Å². The highest BCUT2D eigenvalue weighted by Crippen LogP contribution is 2.47. The van der Waals surface area contributed by atoms with E-state index in [4.69, 9.17) is 4.42 Å². The van der Waals surface area contributed by atoms with Gasteiger partial charge in [-0.05, 0) is 47.7 Å². The van der Waals surface area contributed by atoms with Crippen molar-refractivity contribution in [3.63, 3.8) is 0 Å². The zero-order chi connectivity index (χ0) is 26.6. The Labute approximate surface area is 234 Å². The van der Waals surface area contributed by atoms with Crippen LogP contribution in [0.5, 0.6) is 0 Å². The van der Waals surface area contributed by atoms with Crippen molar-refractivity contribution in [2.75, 3.05) is 0 Å². The molecule has 0 saturated heterocycles. The molecular weight excluding hydrogens is 499 g/mol. The first-order valence-corrected chi connectivity index (χ1v) is 14.3. The molecule has 2 aliphatic rings. The maximum absolute atomic E-state index is 6.63. The van der Waals surface area contributed by atoms with Crippen LogP contribution < -0.4 is 10.9 Å². The quantitative estimate of drug-likeness (QED) is 0.186. The van der Waals surface area contributed by atoms with Gasteiger partial charge in [-0.25, -0.2) is 0 Å². The highest BCUT2D eigenvalue weighted by atomic mass is 16.3. The summed E-state index contributed by atoms with van der Waals surface area (Å²) in [5, 5.41) is 7.63. The van der Waals surface area contributed by atoms with Crippen molar-refractivity contribution < 1.29 is 4.42 Å². The lowest BCUT2D eigenvalue weighted by Crippen LogP contribution is -2.55. The van der Waals surface area contributed by atoms with Crippen molar-refractivity contribution in [2.24, 2.45) is 0 Å². The van der Waals surface area contributed by atoms with Gasteiger partial charge in [0.25, 0.3) is 0 Å². The van der Waals surface area contributed by atoms with Crippen molar-refractivity contribution in [2.45, 2.75) is 6.92 Å². The molecule has 0 spiro atoms. The maximum atomic E-state index is 6.63. The minimum atomic E-state index is 0.0528. The van der Waals surface area contributed by atoms with E-state index in [1.807, 2.05) is 0 Å². The molecule has 3 nitrogen and oxygen atoms in total. The molecule has 0 N–H and O–H groups in total. The van der Waals surface area contributed by atoms with Gasteiger partial charge < -0.3 is 13.5 Å². The topological polar surface area (TPSA) is 23.0 Å². The summed E-state index contributed by atoms with van der Waals surface area (Å²) in [4.78, 5) is 0. The van der Waals surface area contributed by atoms with Gasteiger partial charge in [0.1, 0.15) is 11.2 Å². The monoisotopic (exact) mass is 520 g/mol. The first-order valence-electron chi connectivity index (χ1n) is 14.3. The highest BCUT2D eigenvalue weighted by Gasteiger charge is 2.42.